The lowest BCUT2D eigenvalue weighted by atomic mass is 10.1. The summed E-state index contributed by atoms with van der Waals surface area (Å²) in [5.74, 6) is -1.99. The van der Waals surface area contributed by atoms with Crippen LogP contribution >= 0.6 is 0 Å². The van der Waals surface area contributed by atoms with Crippen LogP contribution in [0.4, 0.5) is 30.5 Å². The van der Waals surface area contributed by atoms with Gasteiger partial charge in [0, 0.05) is 36.3 Å². The Hall–Kier alpha value is -4.22. The van der Waals surface area contributed by atoms with Crippen molar-refractivity contribution >= 4 is 28.2 Å². The number of ether oxygens (including phenoxy) is 1. The molecule has 31 heavy (non-hydrogen) atoms. The predicted molar refractivity (Wildman–Crippen MR) is 105 cm³/mol. The average molecular weight is 430 g/mol. The van der Waals surface area contributed by atoms with Gasteiger partial charge in [0.25, 0.3) is 0 Å². The van der Waals surface area contributed by atoms with Crippen LogP contribution in [0.1, 0.15) is 0 Å². The fraction of sp³-hybridized carbons (Fsp3) is 0.105. The zero-order valence-electron chi connectivity index (χ0n) is 15.8. The first-order valence-corrected chi connectivity index (χ1v) is 8.77. The van der Waals surface area contributed by atoms with Crippen molar-refractivity contribution in [3.05, 3.63) is 64.7 Å². The molecule has 158 valence electrons. The lowest BCUT2D eigenvalue weighted by Gasteiger charge is -2.12. The summed E-state index contributed by atoms with van der Waals surface area (Å²) >= 11 is 0. The molecule has 2 aromatic carbocycles. The maximum absolute atomic E-state index is 13.9. The number of hydrogen-bond acceptors (Lipinski definition) is 7. The second-order valence-electron chi connectivity index (χ2n) is 6.37. The van der Waals surface area contributed by atoms with Gasteiger partial charge in [0.15, 0.2) is 5.75 Å². The highest BCUT2D eigenvalue weighted by Crippen LogP contribution is 2.34. The third kappa shape index (κ3) is 4.08. The van der Waals surface area contributed by atoms with Gasteiger partial charge in [-0.1, -0.05) is 12.1 Å². The Balaban J connectivity index is 1.72. The van der Waals surface area contributed by atoms with Crippen LogP contribution in [0.2, 0.25) is 0 Å². The molecule has 0 radical (unpaired) electrons. The van der Waals surface area contributed by atoms with Crippen molar-refractivity contribution in [2.45, 2.75) is 6.61 Å². The second kappa shape index (κ2) is 7.89. The zero-order chi connectivity index (χ0) is 22.1. The van der Waals surface area contributed by atoms with Gasteiger partial charge in [-0.25, -0.2) is 9.97 Å². The standard InChI is InChI=1S/C19H13F3N6O3/c1-27-15-6-10(2-3-11(15)9-24-27)13-4-5-23-19(25-13)26-14-8-16(28(29)30)12(20)7-17(14)31-18(21)22/h2-9,18H,1H3,(H,23,25,26). The van der Waals surface area contributed by atoms with E-state index in [0.29, 0.717) is 11.8 Å². The number of alkyl halides is 2. The molecule has 0 unspecified atom stereocenters. The van der Waals surface area contributed by atoms with Crippen LogP contribution in [-0.2, 0) is 7.05 Å². The smallest absolute Gasteiger partial charge is 0.387 e. The Morgan fingerprint density at radius 2 is 2.03 bits per heavy atom. The summed E-state index contributed by atoms with van der Waals surface area (Å²) in [4.78, 5) is 18.4. The van der Waals surface area contributed by atoms with E-state index in [4.69, 9.17) is 0 Å². The highest BCUT2D eigenvalue weighted by molar-refractivity contribution is 5.83. The van der Waals surface area contributed by atoms with Crippen molar-refractivity contribution in [2.75, 3.05) is 5.32 Å². The van der Waals surface area contributed by atoms with Gasteiger partial charge in [-0.2, -0.15) is 18.3 Å². The molecule has 1 N–H and O–H groups in total. The fourth-order valence-electron chi connectivity index (χ4n) is 2.98. The number of benzene rings is 2. The summed E-state index contributed by atoms with van der Waals surface area (Å²) in [7, 11) is 1.80. The molecule has 0 aliphatic rings. The van der Waals surface area contributed by atoms with E-state index in [1.807, 2.05) is 18.2 Å². The second-order valence-corrected chi connectivity index (χ2v) is 6.37. The summed E-state index contributed by atoms with van der Waals surface area (Å²) in [5.41, 5.74) is 0.895. The van der Waals surface area contributed by atoms with E-state index in [1.165, 1.54) is 6.20 Å². The SMILES string of the molecule is Cn1ncc2ccc(-c3ccnc(Nc4cc([N+](=O)[O-])c(F)cc4OC(F)F)n3)cc21. The first-order chi connectivity index (χ1) is 14.8. The van der Waals surface area contributed by atoms with Gasteiger partial charge in [0.1, 0.15) is 0 Å². The molecule has 4 aromatic rings. The van der Waals surface area contributed by atoms with Gasteiger partial charge in [0.2, 0.25) is 11.8 Å². The highest BCUT2D eigenvalue weighted by atomic mass is 19.3. The van der Waals surface area contributed by atoms with Crippen molar-refractivity contribution < 1.29 is 22.8 Å². The molecule has 0 saturated carbocycles. The zero-order valence-corrected chi connectivity index (χ0v) is 15.8. The number of anilines is 2. The Labute approximate surface area is 172 Å². The molecule has 9 nitrogen and oxygen atoms in total. The van der Waals surface area contributed by atoms with Crippen LogP contribution in [0, 0.1) is 15.9 Å². The first kappa shape index (κ1) is 20.1. The van der Waals surface area contributed by atoms with Crippen molar-refractivity contribution in [2.24, 2.45) is 7.05 Å². The number of aromatic nitrogens is 4. The third-order valence-corrected chi connectivity index (χ3v) is 4.41. The number of nitrogens with one attached hydrogen (secondary N) is 1. The minimum atomic E-state index is -3.26. The Morgan fingerprint density at radius 1 is 1.23 bits per heavy atom. The molecule has 0 aliphatic heterocycles. The molecule has 0 saturated heterocycles. The van der Waals surface area contributed by atoms with E-state index in [0.717, 1.165) is 22.5 Å². The minimum Gasteiger partial charge on any atom is -0.432 e. The van der Waals surface area contributed by atoms with Crippen LogP contribution in [0.25, 0.3) is 22.2 Å². The number of nitro groups is 1. The van der Waals surface area contributed by atoms with Crippen LogP contribution < -0.4 is 10.1 Å². The summed E-state index contributed by atoms with van der Waals surface area (Å²) in [6.45, 7) is -3.26. The highest BCUT2D eigenvalue weighted by Gasteiger charge is 2.22. The van der Waals surface area contributed by atoms with Crippen LogP contribution in [-0.4, -0.2) is 31.3 Å². The Kier molecular flexibility index (Phi) is 5.11. The number of rotatable bonds is 6. The molecule has 0 atom stereocenters. The van der Waals surface area contributed by atoms with Crippen molar-refractivity contribution in [1.29, 1.82) is 0 Å². The Morgan fingerprint density at radius 3 is 2.77 bits per heavy atom. The van der Waals surface area contributed by atoms with Gasteiger partial charge in [0.05, 0.1) is 28.0 Å². The summed E-state index contributed by atoms with van der Waals surface area (Å²) in [5, 5.41) is 18.7. The molecule has 0 fully saturated rings. The Bertz CT molecular complexity index is 1290. The molecule has 0 spiro atoms. The molecule has 2 heterocycles. The van der Waals surface area contributed by atoms with Crippen molar-refractivity contribution in [3.8, 4) is 17.0 Å². The molecule has 0 bridgehead atoms. The number of aryl methyl sites for hydroxylation is 1. The van der Waals surface area contributed by atoms with E-state index in [-0.39, 0.29) is 11.6 Å². The normalized spacial score (nSPS) is 11.1. The van der Waals surface area contributed by atoms with E-state index >= 15 is 0 Å². The molecule has 12 heteroatoms. The van der Waals surface area contributed by atoms with E-state index in [1.54, 1.807) is 24.0 Å². The van der Waals surface area contributed by atoms with Crippen molar-refractivity contribution in [3.63, 3.8) is 0 Å². The first-order valence-electron chi connectivity index (χ1n) is 8.77. The predicted octanol–water partition coefficient (Wildman–Crippen LogP) is 4.42. The van der Waals surface area contributed by atoms with Crippen molar-refractivity contribution in [1.82, 2.24) is 19.7 Å². The fourth-order valence-corrected chi connectivity index (χ4v) is 2.98. The maximum Gasteiger partial charge on any atom is 0.387 e. The van der Waals surface area contributed by atoms with Gasteiger partial charge in [-0.05, 0) is 12.1 Å². The molecular weight excluding hydrogens is 417 g/mol. The summed E-state index contributed by atoms with van der Waals surface area (Å²) in [6.07, 6.45) is 3.14. The van der Waals surface area contributed by atoms with Gasteiger partial charge in [-0.3, -0.25) is 14.8 Å². The lowest BCUT2D eigenvalue weighted by molar-refractivity contribution is -0.387. The number of fused-ring (bicyclic) bond motifs is 1. The van der Waals surface area contributed by atoms with E-state index < -0.39 is 28.8 Å². The van der Waals surface area contributed by atoms with Crippen LogP contribution in [0.5, 0.6) is 5.75 Å². The molecule has 2 aromatic heterocycles. The largest absolute Gasteiger partial charge is 0.432 e. The van der Waals surface area contributed by atoms with Gasteiger partial charge in [-0.15, -0.1) is 0 Å². The minimum absolute atomic E-state index is 0.0531. The van der Waals surface area contributed by atoms with Gasteiger partial charge >= 0.3 is 12.3 Å². The molecule has 0 aliphatic carbocycles. The molecular formula is C19H13F3N6O3. The maximum atomic E-state index is 13.9. The molecule has 0 amide bonds. The number of halogens is 3. The number of nitro benzene ring substituents is 1. The average Bonchev–Trinajstić information content (AvgIpc) is 3.10. The monoisotopic (exact) mass is 430 g/mol. The molecule has 4 rings (SSSR count). The quantitative estimate of drug-likeness (QED) is 0.356. The summed E-state index contributed by atoms with van der Waals surface area (Å²) < 4.78 is 45.2. The topological polar surface area (TPSA) is 108 Å². The third-order valence-electron chi connectivity index (χ3n) is 4.41. The van der Waals surface area contributed by atoms with Crippen LogP contribution in [0.3, 0.4) is 0 Å². The lowest BCUT2D eigenvalue weighted by Crippen LogP contribution is -2.07. The number of hydrogen-bond donors (Lipinski definition) is 1. The summed E-state index contributed by atoms with van der Waals surface area (Å²) in [6, 6.07) is 8.43. The number of nitrogens with zero attached hydrogens (tertiary/aromatic N) is 5. The van der Waals surface area contributed by atoms with Crippen LogP contribution in [0.15, 0.2) is 48.8 Å². The van der Waals surface area contributed by atoms with E-state index in [2.05, 4.69) is 25.1 Å². The van der Waals surface area contributed by atoms with Gasteiger partial charge < -0.3 is 10.1 Å². The van der Waals surface area contributed by atoms with E-state index in [9.17, 15) is 23.3 Å².